The third-order valence-corrected chi connectivity index (χ3v) is 9.78. The molecule has 166 valence electrons. The molecule has 5 nitrogen and oxygen atoms in total. The van der Waals surface area contributed by atoms with E-state index in [9.17, 15) is 0 Å². The van der Waals surface area contributed by atoms with Gasteiger partial charge in [0.1, 0.15) is 0 Å². The second kappa shape index (κ2) is 7.24. The third-order valence-electron chi connectivity index (χ3n) is 6.79. The zero-order valence-corrected chi connectivity index (χ0v) is 24.3. The van der Waals surface area contributed by atoms with E-state index in [1.807, 2.05) is 11.3 Å². The molecule has 0 spiro atoms. The Bertz CT molecular complexity index is 1950. The number of fused-ring (bicyclic) bond motifs is 8. The summed E-state index contributed by atoms with van der Waals surface area (Å²) in [4.78, 5) is 5.24. The van der Waals surface area contributed by atoms with Crippen molar-refractivity contribution in [2.75, 3.05) is 7.11 Å². The van der Waals surface area contributed by atoms with Crippen LogP contribution in [0.3, 0.4) is 0 Å². The van der Waals surface area contributed by atoms with Gasteiger partial charge in [0.05, 0.1) is 0 Å². The van der Waals surface area contributed by atoms with E-state index in [-0.39, 0.29) is 0 Å². The van der Waals surface area contributed by atoms with E-state index in [4.69, 9.17) is 9.72 Å². The van der Waals surface area contributed by atoms with Crippen LogP contribution in [-0.4, -0.2) is 45.8 Å². The number of imidazole rings is 2. The monoisotopic (exact) mass is 659 g/mol. The number of aromatic nitrogens is 4. The van der Waals surface area contributed by atoms with Gasteiger partial charge in [-0.05, 0) is 0 Å². The molecule has 0 atom stereocenters. The summed E-state index contributed by atoms with van der Waals surface area (Å²) in [5, 5.41) is 2.57. The van der Waals surface area contributed by atoms with Crippen molar-refractivity contribution in [2.24, 2.45) is 7.05 Å². The van der Waals surface area contributed by atoms with Crippen molar-refractivity contribution in [3.63, 3.8) is 0 Å². The van der Waals surface area contributed by atoms with Crippen molar-refractivity contribution < 1.29 is 9.30 Å². The molecule has 0 aliphatic rings. The summed E-state index contributed by atoms with van der Waals surface area (Å²) in [7, 11) is 3.86. The fraction of sp³-hybridized carbons (Fsp3) is 0.111. The molecule has 7 aromatic rings. The third kappa shape index (κ3) is 2.57. The van der Waals surface area contributed by atoms with E-state index in [2.05, 4.69) is 94.4 Å². The Kier molecular flexibility index (Phi) is 4.34. The zero-order valence-electron chi connectivity index (χ0n) is 19.0. The molecule has 0 fully saturated rings. The first-order chi connectivity index (χ1) is 16.6. The first kappa shape index (κ1) is 20.4. The van der Waals surface area contributed by atoms with Gasteiger partial charge in [0.2, 0.25) is 0 Å². The van der Waals surface area contributed by atoms with Gasteiger partial charge in [0, 0.05) is 0 Å². The van der Waals surface area contributed by atoms with Gasteiger partial charge >= 0.3 is 216 Å². The molecular weight excluding hydrogens is 637 g/mol. The number of benzene rings is 3. The molecular formula is C27H22BiN4OS+. The summed E-state index contributed by atoms with van der Waals surface area (Å²) in [6, 6.07) is 21.7. The van der Waals surface area contributed by atoms with Crippen LogP contribution in [0.1, 0.15) is 5.56 Å². The fourth-order valence-corrected chi connectivity index (χ4v) is 7.75. The summed E-state index contributed by atoms with van der Waals surface area (Å²) in [5.41, 5.74) is 5.66. The van der Waals surface area contributed by atoms with Crippen LogP contribution in [0.4, 0.5) is 0 Å². The molecule has 4 heterocycles. The number of ether oxygens (including phenoxy) is 1. The number of thiophene rings is 1. The predicted molar refractivity (Wildman–Crippen MR) is 143 cm³/mol. The van der Waals surface area contributed by atoms with Gasteiger partial charge in [0.25, 0.3) is 0 Å². The van der Waals surface area contributed by atoms with Gasteiger partial charge in [-0.25, -0.2) is 0 Å². The number of hydrogen-bond donors (Lipinski definition) is 0. The zero-order chi connectivity index (χ0) is 23.1. The molecule has 0 N–H and O–H groups in total. The maximum absolute atomic E-state index is 5.75. The van der Waals surface area contributed by atoms with Crippen molar-refractivity contribution >= 4 is 87.3 Å². The molecule has 0 bridgehead atoms. The first-order valence-corrected chi connectivity index (χ1v) is 14.2. The average molecular weight is 660 g/mol. The van der Waals surface area contributed by atoms with E-state index >= 15 is 0 Å². The van der Waals surface area contributed by atoms with Crippen LogP contribution in [0.5, 0.6) is 5.75 Å². The van der Waals surface area contributed by atoms with Crippen LogP contribution in [0.2, 0.25) is 0 Å². The maximum atomic E-state index is 5.75. The number of aryl methyl sites for hydroxylation is 2. The molecule has 4 aromatic heterocycles. The van der Waals surface area contributed by atoms with E-state index in [1.54, 1.807) is 7.11 Å². The fourth-order valence-electron chi connectivity index (χ4n) is 5.22. The quantitative estimate of drug-likeness (QED) is 0.206. The van der Waals surface area contributed by atoms with Crippen molar-refractivity contribution in [2.45, 2.75) is 6.92 Å². The number of methoxy groups -OCH3 is 1. The molecule has 3 aromatic carbocycles. The normalized spacial score (nSPS) is 12.1. The summed E-state index contributed by atoms with van der Waals surface area (Å²) in [6.45, 7) is 2.14. The van der Waals surface area contributed by atoms with Gasteiger partial charge in [-0.2, -0.15) is 0 Å². The van der Waals surface area contributed by atoms with E-state index < -0.39 is 0 Å². The number of rotatable bonds is 2. The van der Waals surface area contributed by atoms with Crippen LogP contribution in [0, 0.1) is 6.92 Å². The SMILES string of the molecule is COc1ccc2c(c1C)n(-c1c3sc4ccccc4c3cc[n+]1C)c1nc3[c]([BiH2])cccc3n21. The van der Waals surface area contributed by atoms with E-state index in [0.717, 1.165) is 69.7 Å². The molecule has 0 aliphatic carbocycles. The number of nitrogens with zero attached hydrogens (tertiary/aromatic N) is 4. The van der Waals surface area contributed by atoms with Crippen LogP contribution < -0.4 is 12.6 Å². The van der Waals surface area contributed by atoms with Crippen molar-refractivity contribution in [1.82, 2.24) is 14.0 Å². The first-order valence-electron chi connectivity index (χ1n) is 11.1. The summed E-state index contributed by atoms with van der Waals surface area (Å²) in [6.07, 6.45) is 2.16. The summed E-state index contributed by atoms with van der Waals surface area (Å²) in [5.74, 6) is 2.95. The molecule has 34 heavy (non-hydrogen) atoms. The molecule has 0 saturated heterocycles. The summed E-state index contributed by atoms with van der Waals surface area (Å²) >= 11 is 2.56. The number of pyridine rings is 1. The van der Waals surface area contributed by atoms with E-state index in [1.165, 1.54) is 23.4 Å². The van der Waals surface area contributed by atoms with Crippen molar-refractivity contribution in [3.05, 3.63) is 72.4 Å². The number of para-hydroxylation sites is 1. The molecule has 0 saturated carbocycles. The van der Waals surface area contributed by atoms with Crippen molar-refractivity contribution in [3.8, 4) is 11.6 Å². The predicted octanol–water partition coefficient (Wildman–Crippen LogP) is 4.20. The number of hydrogen-bond acceptors (Lipinski definition) is 3. The Hall–Kier alpha value is -3.02. The van der Waals surface area contributed by atoms with Crippen LogP contribution in [0.15, 0.2) is 66.9 Å². The van der Waals surface area contributed by atoms with Gasteiger partial charge in [0.15, 0.2) is 0 Å². The van der Waals surface area contributed by atoms with Gasteiger partial charge in [-0.3, -0.25) is 0 Å². The summed E-state index contributed by atoms with van der Waals surface area (Å²) < 4.78 is 16.5. The van der Waals surface area contributed by atoms with E-state index in [0.29, 0.717) is 0 Å². The Morgan fingerprint density at radius 1 is 0.971 bits per heavy atom. The molecule has 7 heteroatoms. The van der Waals surface area contributed by atoms with Gasteiger partial charge in [-0.15, -0.1) is 0 Å². The van der Waals surface area contributed by atoms with Crippen LogP contribution >= 0.6 is 11.3 Å². The Morgan fingerprint density at radius 2 is 1.82 bits per heavy atom. The van der Waals surface area contributed by atoms with Crippen molar-refractivity contribution in [1.29, 1.82) is 0 Å². The van der Waals surface area contributed by atoms with Crippen LogP contribution in [-0.2, 0) is 7.05 Å². The van der Waals surface area contributed by atoms with Crippen LogP contribution in [0.25, 0.3) is 53.8 Å². The molecule has 0 radical (unpaired) electrons. The average Bonchev–Trinajstić information content (AvgIpc) is 3.49. The second-order valence-electron chi connectivity index (χ2n) is 8.65. The topological polar surface area (TPSA) is 35.3 Å². The second-order valence-corrected chi connectivity index (χ2v) is 12.1. The molecule has 0 aliphatic heterocycles. The molecule has 0 amide bonds. The Balaban J connectivity index is 1.76. The molecule has 7 rings (SSSR count). The molecule has 0 unspecified atom stereocenters. The van der Waals surface area contributed by atoms with Gasteiger partial charge in [-0.1, -0.05) is 0 Å². The minimum atomic E-state index is 0.719. The minimum absolute atomic E-state index is 0.719. The Morgan fingerprint density at radius 3 is 2.68 bits per heavy atom. The van der Waals surface area contributed by atoms with Gasteiger partial charge < -0.3 is 0 Å². The standard InChI is InChI=1S/C27H20N4OS.Bi.2H/c1-16-22(32-3)13-12-21-24(16)31(27-28-19-9-5-6-10-20(19)30(21)27)26-25-18(14-15-29(26)2)17-8-4-7-11-23(17)33-25;;;/h4-8,10-15H,1-3H3;;;/q+1;;;. The Labute approximate surface area is 214 Å².